The molecule has 4 rings (SSSR count). The molecule has 1 aromatic heterocycles. The molecule has 1 N–H and O–H groups in total. The second-order valence-corrected chi connectivity index (χ2v) is 7.42. The monoisotopic (exact) mass is 396 g/mol. The quantitative estimate of drug-likeness (QED) is 0.520. The molecule has 142 valence electrons. The number of benzene rings is 2. The number of carbonyl (C=O) groups excluding carboxylic acids is 1. The van der Waals surface area contributed by atoms with Gasteiger partial charge in [0, 0.05) is 29.8 Å². The lowest BCUT2D eigenvalue weighted by molar-refractivity contribution is -0.384. The average Bonchev–Trinajstić information content (AvgIpc) is 3.30. The number of hydrogen-bond donors (Lipinski definition) is 1. The summed E-state index contributed by atoms with van der Waals surface area (Å²) in [6.45, 7) is 0. The third-order valence-electron chi connectivity index (χ3n) is 4.56. The normalized spacial score (nSPS) is 12.6. The zero-order chi connectivity index (χ0) is 19.7. The fraction of sp³-hybridized carbons (Fsp3) is 0.222. The highest BCUT2D eigenvalue weighted by Crippen LogP contribution is 2.32. The highest BCUT2D eigenvalue weighted by atomic mass is 32.2. The summed E-state index contributed by atoms with van der Waals surface area (Å²) in [6.07, 6.45) is 3.17. The number of nitro benzene ring substituents is 1. The average molecular weight is 396 g/mol. The van der Waals surface area contributed by atoms with E-state index in [2.05, 4.69) is 20.8 Å². The molecule has 0 unspecified atom stereocenters. The first-order chi connectivity index (χ1) is 13.5. The van der Waals surface area contributed by atoms with E-state index >= 15 is 0 Å². The van der Waals surface area contributed by atoms with Gasteiger partial charge in [-0.1, -0.05) is 6.07 Å². The molecule has 1 aliphatic carbocycles. The number of tetrazole rings is 1. The first-order valence-electron chi connectivity index (χ1n) is 8.63. The zero-order valence-electron chi connectivity index (χ0n) is 15.0. The van der Waals surface area contributed by atoms with Crippen LogP contribution in [0.25, 0.3) is 0 Å². The fourth-order valence-electron chi connectivity index (χ4n) is 3.15. The van der Waals surface area contributed by atoms with Crippen molar-refractivity contribution in [2.75, 3.05) is 5.32 Å². The van der Waals surface area contributed by atoms with Gasteiger partial charge in [-0.25, -0.2) is 4.68 Å². The summed E-state index contributed by atoms with van der Waals surface area (Å²) in [5, 5.41) is 25.7. The van der Waals surface area contributed by atoms with Crippen molar-refractivity contribution in [2.24, 2.45) is 7.05 Å². The Balaban J connectivity index is 1.65. The number of carbonyl (C=O) groups is 1. The number of aryl methyl sites for hydroxylation is 3. The molecule has 0 aliphatic heterocycles. The van der Waals surface area contributed by atoms with Crippen LogP contribution in [0.3, 0.4) is 0 Å². The SMILES string of the molecule is Cn1nnnc1Sc1ccc([N+](=O)[O-])cc1C(=O)Nc1ccc2c(c1)CCC2. The molecule has 1 heterocycles. The van der Waals surface area contributed by atoms with E-state index in [9.17, 15) is 14.9 Å². The number of nitrogens with one attached hydrogen (secondary N) is 1. The van der Waals surface area contributed by atoms with Gasteiger partial charge in [0.05, 0.1) is 10.5 Å². The second-order valence-electron chi connectivity index (χ2n) is 6.42. The van der Waals surface area contributed by atoms with Crippen LogP contribution >= 0.6 is 11.8 Å². The third-order valence-corrected chi connectivity index (χ3v) is 5.66. The van der Waals surface area contributed by atoms with Gasteiger partial charge in [0.2, 0.25) is 5.16 Å². The molecule has 2 aromatic carbocycles. The summed E-state index contributed by atoms with van der Waals surface area (Å²) in [7, 11) is 1.68. The lowest BCUT2D eigenvalue weighted by atomic mass is 10.1. The van der Waals surface area contributed by atoms with Crippen LogP contribution in [0.4, 0.5) is 11.4 Å². The van der Waals surface area contributed by atoms with Gasteiger partial charge >= 0.3 is 0 Å². The molecule has 0 fully saturated rings. The van der Waals surface area contributed by atoms with Crippen LogP contribution in [-0.4, -0.2) is 31.0 Å². The van der Waals surface area contributed by atoms with Crippen molar-refractivity contribution in [3.8, 4) is 0 Å². The smallest absolute Gasteiger partial charge is 0.270 e. The first kappa shape index (κ1) is 18.1. The van der Waals surface area contributed by atoms with Gasteiger partial charge in [-0.15, -0.1) is 5.10 Å². The fourth-order valence-corrected chi connectivity index (χ4v) is 3.99. The maximum Gasteiger partial charge on any atom is 0.270 e. The molecule has 1 amide bonds. The molecule has 0 atom stereocenters. The predicted molar refractivity (Wildman–Crippen MR) is 102 cm³/mol. The van der Waals surface area contributed by atoms with E-state index < -0.39 is 10.8 Å². The standard InChI is InChI=1S/C18H16N6O3S/c1-23-18(20-21-22-23)28-16-8-7-14(24(26)27)10-15(16)17(25)19-13-6-5-11-3-2-4-12(11)9-13/h5-10H,2-4H2,1H3,(H,19,25). The van der Waals surface area contributed by atoms with Crippen LogP contribution in [0, 0.1) is 10.1 Å². The summed E-state index contributed by atoms with van der Waals surface area (Å²) in [4.78, 5) is 24.1. The molecule has 28 heavy (non-hydrogen) atoms. The molecule has 9 nitrogen and oxygen atoms in total. The Labute approximate surface area is 164 Å². The van der Waals surface area contributed by atoms with E-state index in [0.717, 1.165) is 19.3 Å². The number of hydrogen-bond acceptors (Lipinski definition) is 7. The number of non-ortho nitro benzene ring substituents is 1. The van der Waals surface area contributed by atoms with Crippen LogP contribution in [0.1, 0.15) is 27.9 Å². The molecule has 0 radical (unpaired) electrons. The summed E-state index contributed by atoms with van der Waals surface area (Å²) in [6, 6.07) is 10.0. The molecule has 0 bridgehead atoms. The van der Waals surface area contributed by atoms with Crippen molar-refractivity contribution in [3.63, 3.8) is 0 Å². The Kier molecular flexibility index (Phi) is 4.78. The van der Waals surface area contributed by atoms with Crippen molar-refractivity contribution in [3.05, 3.63) is 63.2 Å². The minimum atomic E-state index is -0.523. The van der Waals surface area contributed by atoms with Crippen LogP contribution in [0.5, 0.6) is 0 Å². The number of rotatable bonds is 5. The molecule has 0 spiro atoms. The maximum absolute atomic E-state index is 12.9. The molecule has 3 aromatic rings. The van der Waals surface area contributed by atoms with E-state index in [0.29, 0.717) is 15.7 Å². The van der Waals surface area contributed by atoms with Gasteiger partial charge in [-0.05, 0) is 70.8 Å². The van der Waals surface area contributed by atoms with E-state index in [1.54, 1.807) is 7.05 Å². The number of aromatic nitrogens is 4. The van der Waals surface area contributed by atoms with Crippen LogP contribution in [-0.2, 0) is 19.9 Å². The molecule has 0 saturated heterocycles. The third kappa shape index (κ3) is 3.58. The molecular formula is C18H16N6O3S. The lowest BCUT2D eigenvalue weighted by Crippen LogP contribution is -2.14. The second kappa shape index (κ2) is 7.39. The lowest BCUT2D eigenvalue weighted by Gasteiger charge is -2.10. The summed E-state index contributed by atoms with van der Waals surface area (Å²) in [5.41, 5.74) is 3.26. The minimum Gasteiger partial charge on any atom is -0.322 e. The largest absolute Gasteiger partial charge is 0.322 e. The van der Waals surface area contributed by atoms with Gasteiger partial charge in [-0.2, -0.15) is 0 Å². The van der Waals surface area contributed by atoms with Gasteiger partial charge in [0.15, 0.2) is 0 Å². The van der Waals surface area contributed by atoms with Crippen molar-refractivity contribution >= 4 is 29.0 Å². The van der Waals surface area contributed by atoms with Crippen LogP contribution in [0.2, 0.25) is 0 Å². The Bertz CT molecular complexity index is 1080. The van der Waals surface area contributed by atoms with Crippen LogP contribution < -0.4 is 5.32 Å². The minimum absolute atomic E-state index is 0.153. The first-order valence-corrected chi connectivity index (χ1v) is 9.45. The maximum atomic E-state index is 12.9. The van der Waals surface area contributed by atoms with Crippen molar-refractivity contribution in [1.29, 1.82) is 0 Å². The summed E-state index contributed by atoms with van der Waals surface area (Å²) in [5.74, 6) is -0.417. The van der Waals surface area contributed by atoms with Crippen molar-refractivity contribution in [1.82, 2.24) is 20.2 Å². The van der Waals surface area contributed by atoms with E-state index in [1.165, 1.54) is 45.8 Å². The van der Waals surface area contributed by atoms with Crippen molar-refractivity contribution in [2.45, 2.75) is 29.3 Å². The van der Waals surface area contributed by atoms with Gasteiger partial charge in [-0.3, -0.25) is 14.9 Å². The Morgan fingerprint density at radius 2 is 2.04 bits per heavy atom. The Hall–Kier alpha value is -3.27. The molecule has 10 heteroatoms. The summed E-state index contributed by atoms with van der Waals surface area (Å²) < 4.78 is 1.47. The van der Waals surface area contributed by atoms with Gasteiger partial charge in [0.25, 0.3) is 11.6 Å². The van der Waals surface area contributed by atoms with E-state index in [1.807, 2.05) is 18.2 Å². The van der Waals surface area contributed by atoms with E-state index in [-0.39, 0.29) is 11.3 Å². The summed E-state index contributed by atoms with van der Waals surface area (Å²) >= 11 is 1.17. The molecule has 1 aliphatic rings. The molecular weight excluding hydrogens is 380 g/mol. The Morgan fingerprint density at radius 1 is 1.21 bits per heavy atom. The molecule has 0 saturated carbocycles. The zero-order valence-corrected chi connectivity index (χ0v) is 15.8. The number of fused-ring (bicyclic) bond motifs is 1. The number of amides is 1. The van der Waals surface area contributed by atoms with Gasteiger partial charge < -0.3 is 5.32 Å². The van der Waals surface area contributed by atoms with Crippen molar-refractivity contribution < 1.29 is 9.72 Å². The number of nitrogens with zero attached hydrogens (tertiary/aromatic N) is 5. The highest BCUT2D eigenvalue weighted by Gasteiger charge is 2.20. The van der Waals surface area contributed by atoms with Crippen LogP contribution in [0.15, 0.2) is 46.5 Å². The number of anilines is 1. The topological polar surface area (TPSA) is 116 Å². The number of nitro groups is 1. The van der Waals surface area contributed by atoms with Gasteiger partial charge in [0.1, 0.15) is 0 Å². The Morgan fingerprint density at radius 3 is 2.79 bits per heavy atom. The van der Waals surface area contributed by atoms with E-state index in [4.69, 9.17) is 0 Å². The predicted octanol–water partition coefficient (Wildman–Crippen LogP) is 3.01. The highest BCUT2D eigenvalue weighted by molar-refractivity contribution is 7.99.